The van der Waals surface area contributed by atoms with Crippen molar-refractivity contribution in [1.82, 2.24) is 14.3 Å². The summed E-state index contributed by atoms with van der Waals surface area (Å²) in [6, 6.07) is 6.36. The highest BCUT2D eigenvalue weighted by Crippen LogP contribution is 2.15. The zero-order chi connectivity index (χ0) is 14.8. The Morgan fingerprint density at radius 3 is 2.75 bits per heavy atom. The molecule has 20 heavy (non-hydrogen) atoms. The van der Waals surface area contributed by atoms with Crippen LogP contribution in [0.1, 0.15) is 11.4 Å². The van der Waals surface area contributed by atoms with E-state index in [9.17, 15) is 8.42 Å². The number of nitrogens with zero attached hydrogens (tertiary/aromatic N) is 2. The van der Waals surface area contributed by atoms with E-state index in [1.54, 1.807) is 42.2 Å². The van der Waals surface area contributed by atoms with Crippen LogP contribution in [0.2, 0.25) is 0 Å². The molecule has 0 amide bonds. The molecule has 0 atom stereocenters. The van der Waals surface area contributed by atoms with Crippen molar-refractivity contribution in [1.29, 1.82) is 0 Å². The molecule has 0 radical (unpaired) electrons. The van der Waals surface area contributed by atoms with Crippen LogP contribution in [0.25, 0.3) is 0 Å². The van der Waals surface area contributed by atoms with Gasteiger partial charge in [-0.15, -0.1) is 0 Å². The van der Waals surface area contributed by atoms with Crippen molar-refractivity contribution in [2.75, 3.05) is 0 Å². The smallest absolute Gasteiger partial charge is 0.241 e. The fraction of sp³-hybridized carbons (Fsp3) is 0.167. The minimum Gasteiger partial charge on any atom is -0.389 e. The van der Waals surface area contributed by atoms with Crippen LogP contribution in [0, 0.1) is 0 Å². The molecule has 0 unspecified atom stereocenters. The number of hydrogen-bond acceptors (Lipinski definition) is 4. The highest BCUT2D eigenvalue weighted by molar-refractivity contribution is 7.89. The number of thiocarbonyl (C=S) groups is 1. The van der Waals surface area contributed by atoms with E-state index in [0.29, 0.717) is 11.4 Å². The number of sulfonamides is 1. The summed E-state index contributed by atoms with van der Waals surface area (Å²) in [7, 11) is -1.91. The number of benzene rings is 1. The maximum Gasteiger partial charge on any atom is 0.241 e. The van der Waals surface area contributed by atoms with Crippen LogP contribution in [0.4, 0.5) is 0 Å². The molecule has 2 rings (SSSR count). The zero-order valence-corrected chi connectivity index (χ0v) is 12.4. The second-order valence-corrected chi connectivity index (χ2v) is 6.31. The van der Waals surface area contributed by atoms with Crippen LogP contribution in [-0.2, 0) is 23.6 Å². The highest BCUT2D eigenvalue weighted by atomic mass is 32.2. The van der Waals surface area contributed by atoms with Crippen molar-refractivity contribution < 1.29 is 8.42 Å². The van der Waals surface area contributed by atoms with Crippen molar-refractivity contribution >= 4 is 27.2 Å². The van der Waals surface area contributed by atoms with E-state index < -0.39 is 10.0 Å². The molecule has 0 spiro atoms. The summed E-state index contributed by atoms with van der Waals surface area (Å²) in [5.74, 6) is 0.612. The van der Waals surface area contributed by atoms with Gasteiger partial charge in [-0.25, -0.2) is 18.1 Å². The molecule has 6 nitrogen and oxygen atoms in total. The molecule has 8 heteroatoms. The van der Waals surface area contributed by atoms with Gasteiger partial charge in [0.1, 0.15) is 10.8 Å². The second-order valence-electron chi connectivity index (χ2n) is 4.14. The minimum atomic E-state index is -3.70. The van der Waals surface area contributed by atoms with Crippen molar-refractivity contribution in [3.05, 3.63) is 48.0 Å². The van der Waals surface area contributed by atoms with Gasteiger partial charge in [0, 0.05) is 25.0 Å². The Hall–Kier alpha value is -1.77. The van der Waals surface area contributed by atoms with Crippen LogP contribution in [0.15, 0.2) is 41.6 Å². The summed E-state index contributed by atoms with van der Waals surface area (Å²) in [6.07, 6.45) is 3.35. The monoisotopic (exact) mass is 310 g/mol. The normalized spacial score (nSPS) is 11.4. The van der Waals surface area contributed by atoms with E-state index in [1.807, 2.05) is 0 Å². The predicted molar refractivity (Wildman–Crippen MR) is 79.6 cm³/mol. The van der Waals surface area contributed by atoms with E-state index in [-0.39, 0.29) is 16.4 Å². The van der Waals surface area contributed by atoms with Gasteiger partial charge in [0.05, 0.1) is 11.4 Å². The molecule has 106 valence electrons. The van der Waals surface area contributed by atoms with Gasteiger partial charge < -0.3 is 10.3 Å². The summed E-state index contributed by atoms with van der Waals surface area (Å²) < 4.78 is 28.8. The molecule has 1 heterocycles. The summed E-state index contributed by atoms with van der Waals surface area (Å²) in [4.78, 5) is 4.17. The average molecular weight is 310 g/mol. The molecular formula is C12H14N4O2S2. The average Bonchev–Trinajstić information content (AvgIpc) is 2.82. The van der Waals surface area contributed by atoms with Crippen LogP contribution < -0.4 is 10.5 Å². The van der Waals surface area contributed by atoms with Crippen molar-refractivity contribution in [2.24, 2.45) is 12.8 Å². The Morgan fingerprint density at radius 2 is 2.15 bits per heavy atom. The van der Waals surface area contributed by atoms with Gasteiger partial charge >= 0.3 is 0 Å². The van der Waals surface area contributed by atoms with E-state index in [1.165, 1.54) is 6.07 Å². The standard InChI is InChI=1S/C12H14N4O2S2/c1-16-7-6-14-11(16)8-15-20(17,18)10-5-3-2-4-9(10)12(13)19/h2-7,15H,8H2,1H3,(H2,13,19). The Balaban J connectivity index is 2.27. The molecule has 0 saturated carbocycles. The van der Waals surface area contributed by atoms with Crippen LogP contribution in [0.3, 0.4) is 0 Å². The third kappa shape index (κ3) is 3.03. The van der Waals surface area contributed by atoms with Gasteiger partial charge in [0.15, 0.2) is 0 Å². The maximum atomic E-state index is 12.3. The number of nitrogens with two attached hydrogens (primary N) is 1. The first-order valence-electron chi connectivity index (χ1n) is 5.76. The van der Waals surface area contributed by atoms with Crippen molar-refractivity contribution in [2.45, 2.75) is 11.4 Å². The number of hydrogen-bond donors (Lipinski definition) is 2. The van der Waals surface area contributed by atoms with Crippen LogP contribution >= 0.6 is 12.2 Å². The van der Waals surface area contributed by atoms with E-state index in [4.69, 9.17) is 18.0 Å². The van der Waals surface area contributed by atoms with Crippen LogP contribution in [-0.4, -0.2) is 23.0 Å². The number of aryl methyl sites for hydroxylation is 1. The lowest BCUT2D eigenvalue weighted by Crippen LogP contribution is -2.27. The van der Waals surface area contributed by atoms with Crippen LogP contribution in [0.5, 0.6) is 0 Å². The number of rotatable bonds is 5. The van der Waals surface area contributed by atoms with Gasteiger partial charge in [0.25, 0.3) is 0 Å². The number of imidazole rings is 1. The van der Waals surface area contributed by atoms with E-state index in [2.05, 4.69) is 9.71 Å². The largest absolute Gasteiger partial charge is 0.389 e. The maximum absolute atomic E-state index is 12.3. The molecule has 0 bridgehead atoms. The van der Waals surface area contributed by atoms with Crippen molar-refractivity contribution in [3.63, 3.8) is 0 Å². The molecule has 2 aromatic rings. The quantitative estimate of drug-likeness (QED) is 0.786. The Labute approximate surface area is 122 Å². The molecule has 3 N–H and O–H groups in total. The fourth-order valence-electron chi connectivity index (χ4n) is 1.71. The van der Waals surface area contributed by atoms with Crippen molar-refractivity contribution in [3.8, 4) is 0 Å². The summed E-state index contributed by atoms with van der Waals surface area (Å²) in [6.45, 7) is 0.0947. The number of nitrogens with one attached hydrogen (secondary N) is 1. The minimum absolute atomic E-state index is 0.0444. The molecule has 0 aliphatic rings. The SMILES string of the molecule is Cn1ccnc1CNS(=O)(=O)c1ccccc1C(N)=S. The summed E-state index contributed by atoms with van der Waals surface area (Å²) in [5, 5.41) is 0. The molecule has 1 aromatic heterocycles. The van der Waals surface area contributed by atoms with Gasteiger partial charge in [-0.3, -0.25) is 0 Å². The van der Waals surface area contributed by atoms with Gasteiger partial charge in [0.2, 0.25) is 10.0 Å². The lowest BCUT2D eigenvalue weighted by atomic mass is 10.2. The number of aromatic nitrogens is 2. The third-order valence-corrected chi connectivity index (χ3v) is 4.46. The summed E-state index contributed by atoms with van der Waals surface area (Å²) >= 11 is 4.87. The third-order valence-electron chi connectivity index (χ3n) is 2.78. The first kappa shape index (κ1) is 14.6. The molecule has 0 fully saturated rings. The topological polar surface area (TPSA) is 90.0 Å². The van der Waals surface area contributed by atoms with E-state index in [0.717, 1.165) is 0 Å². The highest BCUT2D eigenvalue weighted by Gasteiger charge is 2.19. The predicted octanol–water partition coefficient (Wildman–Crippen LogP) is 0.533. The molecule has 0 saturated heterocycles. The lowest BCUT2D eigenvalue weighted by molar-refractivity contribution is 0.577. The first-order chi connectivity index (χ1) is 9.42. The van der Waals surface area contributed by atoms with Gasteiger partial charge in [-0.2, -0.15) is 0 Å². The molecular weight excluding hydrogens is 296 g/mol. The molecule has 1 aromatic carbocycles. The summed E-state index contributed by atoms with van der Waals surface area (Å²) in [5.41, 5.74) is 5.88. The fourth-order valence-corrected chi connectivity index (χ4v) is 3.15. The second kappa shape index (κ2) is 5.70. The van der Waals surface area contributed by atoms with E-state index >= 15 is 0 Å². The Kier molecular flexibility index (Phi) is 4.17. The lowest BCUT2D eigenvalue weighted by Gasteiger charge is -2.10. The molecule has 0 aliphatic carbocycles. The van der Waals surface area contributed by atoms with Gasteiger partial charge in [-0.05, 0) is 6.07 Å². The Bertz CT molecular complexity index is 737. The van der Waals surface area contributed by atoms with Gasteiger partial charge in [-0.1, -0.05) is 30.4 Å². The zero-order valence-electron chi connectivity index (χ0n) is 10.8. The molecule has 0 aliphatic heterocycles. The Morgan fingerprint density at radius 1 is 1.45 bits per heavy atom. The first-order valence-corrected chi connectivity index (χ1v) is 7.65.